The number of nitrogens with zero attached hydrogens (tertiary/aromatic N) is 4. The second-order valence-electron chi connectivity index (χ2n) is 7.42. The van der Waals surface area contributed by atoms with Crippen LogP contribution in [0.4, 0.5) is 13.2 Å². The topological polar surface area (TPSA) is 81.4 Å². The van der Waals surface area contributed by atoms with E-state index in [0.29, 0.717) is 44.9 Å². The number of hydrogen-bond donors (Lipinski definition) is 1. The first-order valence-electron chi connectivity index (χ1n) is 9.94. The van der Waals surface area contributed by atoms with Gasteiger partial charge in [0.25, 0.3) is 0 Å². The van der Waals surface area contributed by atoms with Crippen LogP contribution >= 0.6 is 11.6 Å². The van der Waals surface area contributed by atoms with Crippen LogP contribution in [0.5, 0.6) is 5.75 Å². The van der Waals surface area contributed by atoms with E-state index in [0.717, 1.165) is 0 Å². The molecule has 1 aromatic heterocycles. The van der Waals surface area contributed by atoms with Crippen molar-refractivity contribution in [3.8, 4) is 11.4 Å². The lowest BCUT2D eigenvalue weighted by Crippen LogP contribution is -2.34. The number of amides is 1. The Bertz CT molecular complexity index is 1220. The number of aromatic nitrogens is 3. The number of benzene rings is 2. The molecule has 1 N–H and O–H groups in total. The van der Waals surface area contributed by atoms with Crippen LogP contribution in [0.3, 0.4) is 0 Å². The third-order valence-electron chi connectivity index (χ3n) is 5.12. The standard InChI is InChI=1S/C22H19ClF3N5O2/c1-12-29-30-21-17(10-19(32)27-11-22(24,25)26)28-20(13-3-5-14(23)6-4-13)16-9-15(33-2)7-8-18(16)31(12)21/h3-9,17H,10-11H2,1-2H3,(H,27,32)/t17-/m0/s1. The Labute approximate surface area is 192 Å². The summed E-state index contributed by atoms with van der Waals surface area (Å²) in [6, 6.07) is 11.5. The third-order valence-corrected chi connectivity index (χ3v) is 5.37. The normalized spacial score (nSPS) is 15.2. The van der Waals surface area contributed by atoms with Crippen LogP contribution in [0.1, 0.15) is 35.2 Å². The second-order valence-corrected chi connectivity index (χ2v) is 7.86. The Morgan fingerprint density at radius 2 is 1.91 bits per heavy atom. The fourth-order valence-electron chi connectivity index (χ4n) is 3.62. The quantitative estimate of drug-likeness (QED) is 0.597. The van der Waals surface area contributed by atoms with Gasteiger partial charge < -0.3 is 10.1 Å². The number of rotatable bonds is 5. The van der Waals surface area contributed by atoms with Crippen LogP contribution in [-0.4, -0.2) is 46.2 Å². The maximum absolute atomic E-state index is 12.6. The van der Waals surface area contributed by atoms with Crippen LogP contribution in [0.25, 0.3) is 5.69 Å². The first-order valence-corrected chi connectivity index (χ1v) is 10.3. The van der Waals surface area contributed by atoms with Crippen LogP contribution in [0.15, 0.2) is 47.5 Å². The van der Waals surface area contributed by atoms with Gasteiger partial charge in [0, 0.05) is 16.1 Å². The molecule has 1 amide bonds. The number of aryl methyl sites for hydroxylation is 1. The Morgan fingerprint density at radius 3 is 2.58 bits per heavy atom. The number of nitrogens with one attached hydrogen (secondary N) is 1. The van der Waals surface area contributed by atoms with E-state index in [2.05, 4.69) is 10.2 Å². The molecule has 33 heavy (non-hydrogen) atoms. The molecule has 2 aromatic carbocycles. The average molecular weight is 478 g/mol. The van der Waals surface area contributed by atoms with Gasteiger partial charge in [-0.15, -0.1) is 10.2 Å². The largest absolute Gasteiger partial charge is 0.497 e. The number of ether oxygens (including phenoxy) is 1. The van der Waals surface area contributed by atoms with E-state index in [9.17, 15) is 18.0 Å². The second kappa shape index (κ2) is 8.86. The van der Waals surface area contributed by atoms with Gasteiger partial charge in [-0.3, -0.25) is 14.4 Å². The summed E-state index contributed by atoms with van der Waals surface area (Å²) in [5.74, 6) is 0.686. The lowest BCUT2D eigenvalue weighted by Gasteiger charge is -2.14. The summed E-state index contributed by atoms with van der Waals surface area (Å²) < 4.78 is 44.9. The van der Waals surface area contributed by atoms with Gasteiger partial charge in [-0.1, -0.05) is 23.7 Å². The molecule has 1 aliphatic heterocycles. The molecule has 11 heteroatoms. The van der Waals surface area contributed by atoms with E-state index in [1.807, 2.05) is 11.4 Å². The molecule has 0 spiro atoms. The molecule has 0 saturated heterocycles. The molecule has 3 aromatic rings. The highest BCUT2D eigenvalue weighted by Gasteiger charge is 2.32. The smallest absolute Gasteiger partial charge is 0.405 e. The zero-order valence-electron chi connectivity index (χ0n) is 17.7. The molecular weight excluding hydrogens is 459 g/mol. The van der Waals surface area contributed by atoms with Crippen LogP contribution < -0.4 is 10.1 Å². The predicted molar refractivity (Wildman–Crippen MR) is 116 cm³/mol. The van der Waals surface area contributed by atoms with Crippen molar-refractivity contribution in [2.24, 2.45) is 4.99 Å². The summed E-state index contributed by atoms with van der Waals surface area (Å²) in [6.07, 6.45) is -4.85. The molecule has 2 heterocycles. The summed E-state index contributed by atoms with van der Waals surface area (Å²) in [5, 5.41) is 10.7. The molecule has 1 atom stereocenters. The number of carbonyl (C=O) groups excluding carboxylic acids is 1. The van der Waals surface area contributed by atoms with Crippen LogP contribution in [-0.2, 0) is 4.79 Å². The Morgan fingerprint density at radius 1 is 1.18 bits per heavy atom. The average Bonchev–Trinajstić information content (AvgIpc) is 3.10. The SMILES string of the molecule is COc1ccc2c(c1)C(c1ccc(Cl)cc1)=N[C@@H](CC(=O)NCC(F)(F)F)c1nnc(C)n1-2. The van der Waals surface area contributed by atoms with E-state index in [1.54, 1.807) is 55.0 Å². The first kappa shape index (κ1) is 22.8. The van der Waals surface area contributed by atoms with Crippen molar-refractivity contribution in [2.75, 3.05) is 13.7 Å². The minimum atomic E-state index is -4.51. The molecule has 172 valence electrons. The van der Waals surface area contributed by atoms with Gasteiger partial charge in [-0.05, 0) is 37.3 Å². The van der Waals surface area contributed by atoms with Crippen molar-refractivity contribution in [1.29, 1.82) is 0 Å². The summed E-state index contributed by atoms with van der Waals surface area (Å²) >= 11 is 6.05. The fourth-order valence-corrected chi connectivity index (χ4v) is 3.75. The van der Waals surface area contributed by atoms with Crippen molar-refractivity contribution in [3.05, 3.63) is 70.3 Å². The van der Waals surface area contributed by atoms with Crippen LogP contribution in [0, 0.1) is 6.92 Å². The van der Waals surface area contributed by atoms with Crippen molar-refractivity contribution in [3.63, 3.8) is 0 Å². The summed E-state index contributed by atoms with van der Waals surface area (Å²) in [4.78, 5) is 17.2. The molecule has 0 radical (unpaired) electrons. The minimum absolute atomic E-state index is 0.337. The van der Waals surface area contributed by atoms with Gasteiger partial charge in [0.15, 0.2) is 5.82 Å². The highest BCUT2D eigenvalue weighted by Crippen LogP contribution is 2.34. The van der Waals surface area contributed by atoms with Gasteiger partial charge in [0.05, 0.1) is 24.9 Å². The molecule has 0 fully saturated rings. The maximum Gasteiger partial charge on any atom is 0.405 e. The lowest BCUT2D eigenvalue weighted by molar-refractivity contribution is -0.138. The van der Waals surface area contributed by atoms with Crippen LogP contribution in [0.2, 0.25) is 5.02 Å². The highest BCUT2D eigenvalue weighted by atomic mass is 35.5. The number of fused-ring (bicyclic) bond motifs is 3. The molecular formula is C22H19ClF3N5O2. The van der Waals surface area contributed by atoms with Gasteiger partial charge in [-0.25, -0.2) is 0 Å². The van der Waals surface area contributed by atoms with E-state index >= 15 is 0 Å². The Hall–Kier alpha value is -3.40. The van der Waals surface area contributed by atoms with E-state index < -0.39 is 24.7 Å². The number of halogens is 4. The highest BCUT2D eigenvalue weighted by molar-refractivity contribution is 6.30. The van der Waals surface area contributed by atoms with E-state index in [4.69, 9.17) is 21.3 Å². The predicted octanol–water partition coefficient (Wildman–Crippen LogP) is 4.20. The third kappa shape index (κ3) is 4.85. The maximum atomic E-state index is 12.6. The van der Waals surface area contributed by atoms with E-state index in [1.165, 1.54) is 0 Å². The zero-order valence-corrected chi connectivity index (χ0v) is 18.4. The number of aliphatic imine (C=N–C) groups is 1. The van der Waals surface area contributed by atoms with Gasteiger partial charge >= 0.3 is 6.18 Å². The lowest BCUT2D eigenvalue weighted by atomic mass is 10.00. The number of carbonyl (C=O) groups is 1. The molecule has 0 aliphatic carbocycles. The fraction of sp³-hybridized carbons (Fsp3) is 0.273. The summed E-state index contributed by atoms with van der Waals surface area (Å²) in [7, 11) is 1.54. The first-order chi connectivity index (χ1) is 15.7. The zero-order chi connectivity index (χ0) is 23.8. The van der Waals surface area contributed by atoms with Crippen molar-refractivity contribution >= 4 is 23.2 Å². The van der Waals surface area contributed by atoms with Crippen molar-refractivity contribution in [1.82, 2.24) is 20.1 Å². The number of alkyl halides is 3. The van der Waals surface area contributed by atoms with Crippen molar-refractivity contribution < 1.29 is 22.7 Å². The monoisotopic (exact) mass is 477 g/mol. The molecule has 1 aliphatic rings. The van der Waals surface area contributed by atoms with Gasteiger partial charge in [-0.2, -0.15) is 13.2 Å². The molecule has 0 saturated carbocycles. The van der Waals surface area contributed by atoms with Crippen molar-refractivity contribution in [2.45, 2.75) is 25.6 Å². The van der Waals surface area contributed by atoms with E-state index in [-0.39, 0.29) is 6.42 Å². The Kier molecular flexibility index (Phi) is 6.11. The Balaban J connectivity index is 1.85. The number of hydrogen-bond acceptors (Lipinski definition) is 5. The molecule has 7 nitrogen and oxygen atoms in total. The van der Waals surface area contributed by atoms with Gasteiger partial charge in [0.1, 0.15) is 24.2 Å². The molecule has 4 rings (SSSR count). The molecule has 0 bridgehead atoms. The minimum Gasteiger partial charge on any atom is -0.497 e. The van der Waals surface area contributed by atoms with Gasteiger partial charge in [0.2, 0.25) is 5.91 Å². The summed E-state index contributed by atoms with van der Waals surface area (Å²) in [6.45, 7) is 0.327. The number of methoxy groups -OCH3 is 1. The molecule has 0 unspecified atom stereocenters. The summed E-state index contributed by atoms with van der Waals surface area (Å²) in [5.41, 5.74) is 2.64.